The molecule has 0 unspecified atom stereocenters. The van der Waals surface area contributed by atoms with E-state index in [-0.39, 0.29) is 0 Å². The van der Waals surface area contributed by atoms with Crippen LogP contribution in [0.4, 0.5) is 0 Å². The van der Waals surface area contributed by atoms with Crippen molar-refractivity contribution in [2.24, 2.45) is 0 Å². The molecule has 0 radical (unpaired) electrons. The third-order valence-electron chi connectivity index (χ3n) is 11.1. The van der Waals surface area contributed by atoms with Crippen molar-refractivity contribution in [1.29, 1.82) is 0 Å². The second-order valence-electron chi connectivity index (χ2n) is 15.7. The zero-order valence-corrected chi connectivity index (χ0v) is 33.7. The molecule has 5 aromatic rings. The van der Waals surface area contributed by atoms with Crippen molar-refractivity contribution in [3.8, 4) is 28.0 Å². The Bertz CT molecular complexity index is 2240. The first-order valence-electron chi connectivity index (χ1n) is 21.5. The Balaban J connectivity index is 0.979. The minimum absolute atomic E-state index is 0.760. The lowest BCUT2D eigenvalue weighted by Crippen LogP contribution is -1.97. The molecule has 0 amide bonds. The molecule has 8 bridgehead atoms. The van der Waals surface area contributed by atoms with Crippen molar-refractivity contribution >= 4 is 46.4 Å². The Morgan fingerprint density at radius 2 is 0.893 bits per heavy atom. The smallest absolute Gasteiger partial charge is 0.119 e. The van der Waals surface area contributed by atoms with Gasteiger partial charge < -0.3 is 14.7 Å². The number of ether oxygens (including phenoxy) is 1. The van der Waals surface area contributed by atoms with Crippen molar-refractivity contribution in [2.75, 3.05) is 6.61 Å². The topological polar surface area (TPSA) is 66.6 Å². The predicted octanol–water partition coefficient (Wildman–Crippen LogP) is 14.9. The van der Waals surface area contributed by atoms with E-state index in [1.807, 2.05) is 0 Å². The van der Waals surface area contributed by atoms with E-state index in [4.69, 9.17) is 14.7 Å². The van der Waals surface area contributed by atoms with Gasteiger partial charge in [0, 0.05) is 33.2 Å². The van der Waals surface area contributed by atoms with Crippen LogP contribution in [0, 0.1) is 6.92 Å². The quantitative estimate of drug-likeness (QED) is 0.0764. The molecule has 2 aliphatic rings. The number of fused-ring (bicyclic) bond motifs is 8. The standard InChI is InChI=1S/C51H60N4O/c1-3-4-5-6-7-8-9-10-11-12-13-14-15-16-17-18-35-56-45-29-23-40(24-30-45)51-48-33-27-43(54-48)36-41-25-31-46(52-41)50(39-21-19-38(2)20-22-39)47-32-26-42(53-47)37-44-28-34-49(51)55-44/h19-34,36-37,52,55H,3-18,35H2,1-2H3. The van der Waals surface area contributed by atoms with E-state index in [0.717, 1.165) is 85.9 Å². The summed E-state index contributed by atoms with van der Waals surface area (Å²) in [5.41, 5.74) is 13.3. The molecule has 0 fully saturated rings. The van der Waals surface area contributed by atoms with Gasteiger partial charge in [-0.15, -0.1) is 0 Å². The molecule has 5 heteroatoms. The zero-order chi connectivity index (χ0) is 38.4. The molecule has 56 heavy (non-hydrogen) atoms. The Morgan fingerprint density at radius 1 is 0.464 bits per heavy atom. The monoisotopic (exact) mass is 744 g/mol. The molecule has 2 N–H and O–H groups in total. The van der Waals surface area contributed by atoms with Crippen molar-refractivity contribution in [3.05, 3.63) is 113 Å². The van der Waals surface area contributed by atoms with Crippen LogP contribution in [0.5, 0.6) is 5.75 Å². The van der Waals surface area contributed by atoms with E-state index in [2.05, 4.69) is 133 Å². The molecular formula is C51H60N4O. The van der Waals surface area contributed by atoms with Gasteiger partial charge in [-0.05, 0) is 97.3 Å². The van der Waals surface area contributed by atoms with Crippen LogP contribution in [0.2, 0.25) is 0 Å². The third kappa shape index (κ3) is 10.8. The fourth-order valence-corrected chi connectivity index (χ4v) is 7.96. The van der Waals surface area contributed by atoms with Crippen LogP contribution in [0.1, 0.15) is 138 Å². The first-order chi connectivity index (χ1) is 27.6. The average molecular weight is 745 g/mol. The maximum absolute atomic E-state index is 6.20. The predicted molar refractivity (Wildman–Crippen MR) is 240 cm³/mol. The van der Waals surface area contributed by atoms with Crippen molar-refractivity contribution in [1.82, 2.24) is 19.9 Å². The molecule has 0 saturated carbocycles. The van der Waals surface area contributed by atoms with E-state index in [0.29, 0.717) is 0 Å². The van der Waals surface area contributed by atoms with Gasteiger partial charge in [-0.3, -0.25) is 0 Å². The fraction of sp³-hybridized carbons (Fsp3) is 0.373. The van der Waals surface area contributed by atoms with Crippen LogP contribution in [0.3, 0.4) is 0 Å². The lowest BCUT2D eigenvalue weighted by atomic mass is 10.0. The number of unbranched alkanes of at least 4 members (excludes halogenated alkanes) is 15. The summed E-state index contributed by atoms with van der Waals surface area (Å²) in [7, 11) is 0. The second-order valence-corrected chi connectivity index (χ2v) is 15.7. The normalized spacial score (nSPS) is 12.1. The SMILES string of the molecule is CCCCCCCCCCCCCCCCCCOc1ccc(-c2c3nc(cc4ccc([nH]4)c(-c4ccc(C)cc4)c4nc(cc5ccc2[nH]5)C=C4)C=C3)cc1. The summed E-state index contributed by atoms with van der Waals surface area (Å²) in [5, 5.41) is 0. The first kappa shape index (κ1) is 39.1. The highest BCUT2D eigenvalue weighted by atomic mass is 16.5. The Hall–Kier alpha value is -5.16. The van der Waals surface area contributed by atoms with Gasteiger partial charge in [-0.25, -0.2) is 9.97 Å². The lowest BCUT2D eigenvalue weighted by Gasteiger charge is -2.08. The average Bonchev–Trinajstić information content (AvgIpc) is 4.05. The highest BCUT2D eigenvalue weighted by molar-refractivity contribution is 5.93. The minimum Gasteiger partial charge on any atom is -0.494 e. The maximum atomic E-state index is 6.20. The third-order valence-corrected chi connectivity index (χ3v) is 11.1. The molecule has 5 nitrogen and oxygen atoms in total. The molecule has 2 aromatic carbocycles. The van der Waals surface area contributed by atoms with Gasteiger partial charge in [0.2, 0.25) is 0 Å². The van der Waals surface area contributed by atoms with E-state index in [1.54, 1.807) is 0 Å². The van der Waals surface area contributed by atoms with Crippen LogP contribution >= 0.6 is 0 Å². The molecule has 3 aromatic heterocycles. The van der Waals surface area contributed by atoms with E-state index >= 15 is 0 Å². The molecular weight excluding hydrogens is 685 g/mol. The lowest BCUT2D eigenvalue weighted by molar-refractivity contribution is 0.304. The van der Waals surface area contributed by atoms with Crippen LogP contribution < -0.4 is 4.74 Å². The number of hydrogen-bond donors (Lipinski definition) is 2. The number of aryl methyl sites for hydroxylation is 1. The number of benzene rings is 2. The second kappa shape index (κ2) is 20.1. The Kier molecular flexibility index (Phi) is 14.1. The minimum atomic E-state index is 0.760. The molecule has 7 rings (SSSR count). The Labute approximate surface area is 334 Å². The van der Waals surface area contributed by atoms with Crippen molar-refractivity contribution in [2.45, 2.75) is 117 Å². The zero-order valence-electron chi connectivity index (χ0n) is 33.7. The summed E-state index contributed by atoms with van der Waals surface area (Å²) in [6.45, 7) is 5.17. The largest absolute Gasteiger partial charge is 0.494 e. The van der Waals surface area contributed by atoms with Gasteiger partial charge in [0.05, 0.1) is 29.4 Å². The van der Waals surface area contributed by atoms with Crippen LogP contribution in [-0.2, 0) is 0 Å². The van der Waals surface area contributed by atoms with Gasteiger partial charge in [-0.1, -0.05) is 145 Å². The van der Waals surface area contributed by atoms with Gasteiger partial charge >= 0.3 is 0 Å². The molecule has 0 spiro atoms. The summed E-state index contributed by atoms with van der Waals surface area (Å²) < 4.78 is 6.20. The molecule has 0 atom stereocenters. The van der Waals surface area contributed by atoms with E-state index in [1.165, 1.54) is 102 Å². The van der Waals surface area contributed by atoms with Gasteiger partial charge in [-0.2, -0.15) is 0 Å². The van der Waals surface area contributed by atoms with Gasteiger partial charge in [0.1, 0.15) is 5.75 Å². The number of aromatic nitrogens is 4. The number of H-pyrrole nitrogens is 2. The number of hydrogen-bond acceptors (Lipinski definition) is 3. The molecule has 0 saturated heterocycles. The number of nitrogens with one attached hydrogen (secondary N) is 2. The highest BCUT2D eigenvalue weighted by Crippen LogP contribution is 2.33. The summed E-state index contributed by atoms with van der Waals surface area (Å²) in [6, 6.07) is 29.9. The van der Waals surface area contributed by atoms with Gasteiger partial charge in [0.15, 0.2) is 0 Å². The Morgan fingerprint density at radius 3 is 1.36 bits per heavy atom. The highest BCUT2D eigenvalue weighted by Gasteiger charge is 2.13. The summed E-state index contributed by atoms with van der Waals surface area (Å²) >= 11 is 0. The van der Waals surface area contributed by atoms with Crippen LogP contribution in [0.25, 0.3) is 68.6 Å². The first-order valence-corrected chi connectivity index (χ1v) is 21.5. The van der Waals surface area contributed by atoms with E-state index < -0.39 is 0 Å². The van der Waals surface area contributed by atoms with Crippen LogP contribution in [-0.4, -0.2) is 26.5 Å². The summed E-state index contributed by atoms with van der Waals surface area (Å²) in [6.07, 6.45) is 30.4. The van der Waals surface area contributed by atoms with Crippen molar-refractivity contribution in [3.63, 3.8) is 0 Å². The number of rotatable bonds is 20. The molecule has 2 aliphatic heterocycles. The maximum Gasteiger partial charge on any atom is 0.119 e. The summed E-state index contributed by atoms with van der Waals surface area (Å²) in [4.78, 5) is 17.5. The molecule has 290 valence electrons. The number of nitrogens with zero attached hydrogens (tertiary/aromatic N) is 2. The molecule has 0 aliphatic carbocycles. The number of aromatic amines is 2. The van der Waals surface area contributed by atoms with E-state index in [9.17, 15) is 0 Å². The fourth-order valence-electron chi connectivity index (χ4n) is 7.96. The van der Waals surface area contributed by atoms with Gasteiger partial charge in [0.25, 0.3) is 0 Å². The summed E-state index contributed by atoms with van der Waals surface area (Å²) in [5.74, 6) is 0.913. The van der Waals surface area contributed by atoms with Crippen LogP contribution in [0.15, 0.2) is 84.9 Å². The van der Waals surface area contributed by atoms with Crippen molar-refractivity contribution < 1.29 is 4.74 Å². The molecule has 5 heterocycles.